The molecule has 0 aliphatic carbocycles. The van der Waals surface area contributed by atoms with Gasteiger partial charge < -0.3 is 16.0 Å². The van der Waals surface area contributed by atoms with Crippen molar-refractivity contribution in [1.82, 2.24) is 20.3 Å². The standard InChI is InChI=1S/C12H18N6S.ClH/c1-7(2)8-5-14-3-4-18(8)10-9-11(19-6-15-9)17-12(13)16-10;/h6-8,14H,3-5H2,1-2H3,(H2,13,16,17);1H/t8-;/m1./s1. The molecule has 8 heteroatoms. The number of anilines is 2. The molecule has 110 valence electrons. The fraction of sp³-hybridized carbons (Fsp3) is 0.583. The van der Waals surface area contributed by atoms with Crippen LogP contribution in [0.4, 0.5) is 11.8 Å². The molecule has 1 aliphatic rings. The third-order valence-corrected chi connectivity index (χ3v) is 4.24. The van der Waals surface area contributed by atoms with Crippen LogP contribution in [0.3, 0.4) is 0 Å². The first-order valence-corrected chi connectivity index (χ1v) is 7.39. The minimum Gasteiger partial charge on any atom is -0.368 e. The van der Waals surface area contributed by atoms with Crippen molar-refractivity contribution in [2.75, 3.05) is 30.3 Å². The molecule has 3 heterocycles. The average Bonchev–Trinajstić information content (AvgIpc) is 2.85. The summed E-state index contributed by atoms with van der Waals surface area (Å²) >= 11 is 1.50. The molecule has 2 aromatic rings. The molecule has 0 saturated carbocycles. The first-order valence-electron chi connectivity index (χ1n) is 6.51. The summed E-state index contributed by atoms with van der Waals surface area (Å²) in [5, 5.41) is 3.44. The smallest absolute Gasteiger partial charge is 0.223 e. The molecule has 0 bridgehead atoms. The highest BCUT2D eigenvalue weighted by atomic mass is 35.5. The lowest BCUT2D eigenvalue weighted by atomic mass is 10.0. The zero-order valence-corrected chi connectivity index (χ0v) is 13.2. The van der Waals surface area contributed by atoms with Crippen LogP contribution >= 0.6 is 23.7 Å². The SMILES string of the molecule is CC(C)[C@H]1CNCCN1c1nc(N)nc2scnc12.Cl. The van der Waals surface area contributed by atoms with Crippen molar-refractivity contribution in [2.45, 2.75) is 19.9 Å². The number of aromatic nitrogens is 3. The van der Waals surface area contributed by atoms with Gasteiger partial charge in [0.2, 0.25) is 5.95 Å². The van der Waals surface area contributed by atoms with E-state index in [1.165, 1.54) is 11.3 Å². The van der Waals surface area contributed by atoms with Crippen LogP contribution < -0.4 is 16.0 Å². The topological polar surface area (TPSA) is 80.0 Å². The summed E-state index contributed by atoms with van der Waals surface area (Å²) in [7, 11) is 0. The lowest BCUT2D eigenvalue weighted by Crippen LogP contribution is -2.54. The summed E-state index contributed by atoms with van der Waals surface area (Å²) in [4.78, 5) is 16.3. The lowest BCUT2D eigenvalue weighted by Gasteiger charge is -2.39. The molecular formula is C12H19ClN6S. The Balaban J connectivity index is 0.00000147. The van der Waals surface area contributed by atoms with Crippen LogP contribution in [-0.4, -0.2) is 40.6 Å². The minimum atomic E-state index is 0. The van der Waals surface area contributed by atoms with Crippen molar-refractivity contribution in [3.8, 4) is 0 Å². The Labute approximate surface area is 128 Å². The van der Waals surface area contributed by atoms with E-state index in [0.717, 1.165) is 35.8 Å². The molecule has 1 fully saturated rings. The second kappa shape index (κ2) is 6.07. The largest absolute Gasteiger partial charge is 0.368 e. The third kappa shape index (κ3) is 2.65. The zero-order valence-electron chi connectivity index (χ0n) is 11.5. The number of hydrogen-bond donors (Lipinski definition) is 2. The average molecular weight is 315 g/mol. The van der Waals surface area contributed by atoms with Gasteiger partial charge in [-0.1, -0.05) is 13.8 Å². The van der Waals surface area contributed by atoms with E-state index >= 15 is 0 Å². The predicted molar refractivity (Wildman–Crippen MR) is 85.7 cm³/mol. The van der Waals surface area contributed by atoms with Gasteiger partial charge in [0.15, 0.2) is 10.6 Å². The van der Waals surface area contributed by atoms with E-state index in [1.807, 2.05) is 0 Å². The quantitative estimate of drug-likeness (QED) is 0.875. The molecule has 6 nitrogen and oxygen atoms in total. The maximum absolute atomic E-state index is 5.83. The summed E-state index contributed by atoms with van der Waals surface area (Å²) < 4.78 is 0. The van der Waals surface area contributed by atoms with Gasteiger partial charge in [-0.25, -0.2) is 9.97 Å². The number of nitrogens with one attached hydrogen (secondary N) is 1. The van der Waals surface area contributed by atoms with Gasteiger partial charge in [0.1, 0.15) is 5.52 Å². The van der Waals surface area contributed by atoms with Gasteiger partial charge in [-0.3, -0.25) is 0 Å². The molecular weight excluding hydrogens is 296 g/mol. The summed E-state index contributed by atoms with van der Waals surface area (Å²) in [6.45, 7) is 7.30. The number of halogens is 1. The highest BCUT2D eigenvalue weighted by Crippen LogP contribution is 2.29. The number of nitrogen functional groups attached to an aromatic ring is 1. The molecule has 0 amide bonds. The molecule has 0 aromatic carbocycles. The fourth-order valence-corrected chi connectivity index (χ4v) is 3.21. The van der Waals surface area contributed by atoms with E-state index in [1.54, 1.807) is 5.51 Å². The number of nitrogens with zero attached hydrogens (tertiary/aromatic N) is 4. The zero-order chi connectivity index (χ0) is 13.4. The molecule has 1 saturated heterocycles. The van der Waals surface area contributed by atoms with E-state index < -0.39 is 0 Å². The van der Waals surface area contributed by atoms with Crippen molar-refractivity contribution in [2.24, 2.45) is 5.92 Å². The van der Waals surface area contributed by atoms with Crippen molar-refractivity contribution < 1.29 is 0 Å². The van der Waals surface area contributed by atoms with E-state index in [-0.39, 0.29) is 12.4 Å². The van der Waals surface area contributed by atoms with Crippen LogP contribution in [0.2, 0.25) is 0 Å². The van der Waals surface area contributed by atoms with Crippen LogP contribution in [0.1, 0.15) is 13.8 Å². The highest BCUT2D eigenvalue weighted by molar-refractivity contribution is 7.16. The summed E-state index contributed by atoms with van der Waals surface area (Å²) in [5.41, 5.74) is 8.49. The second-order valence-corrected chi connectivity index (χ2v) is 5.95. The molecule has 1 atom stereocenters. The van der Waals surface area contributed by atoms with Crippen LogP contribution in [0, 0.1) is 5.92 Å². The van der Waals surface area contributed by atoms with Crippen LogP contribution in [-0.2, 0) is 0 Å². The van der Waals surface area contributed by atoms with Crippen molar-refractivity contribution in [1.29, 1.82) is 0 Å². The molecule has 2 aromatic heterocycles. The van der Waals surface area contributed by atoms with Gasteiger partial charge >= 0.3 is 0 Å². The molecule has 0 spiro atoms. The van der Waals surface area contributed by atoms with Gasteiger partial charge in [-0.2, -0.15) is 4.98 Å². The van der Waals surface area contributed by atoms with Crippen molar-refractivity contribution in [3.63, 3.8) is 0 Å². The maximum Gasteiger partial charge on any atom is 0.223 e. The Bertz CT molecular complexity index is 586. The fourth-order valence-electron chi connectivity index (χ4n) is 2.55. The Kier molecular flexibility index (Phi) is 4.62. The Morgan fingerprint density at radius 1 is 1.45 bits per heavy atom. The summed E-state index contributed by atoms with van der Waals surface area (Å²) in [6.07, 6.45) is 0. The maximum atomic E-state index is 5.83. The van der Waals surface area contributed by atoms with Gasteiger partial charge in [0.05, 0.1) is 5.51 Å². The Hall–Kier alpha value is -1.18. The summed E-state index contributed by atoms with van der Waals surface area (Å²) in [5.74, 6) is 1.74. The predicted octanol–water partition coefficient (Wildman–Crippen LogP) is 1.52. The van der Waals surface area contributed by atoms with Gasteiger partial charge in [0.25, 0.3) is 0 Å². The summed E-state index contributed by atoms with van der Waals surface area (Å²) in [6, 6.07) is 0.410. The van der Waals surface area contributed by atoms with E-state index in [0.29, 0.717) is 17.9 Å². The molecule has 20 heavy (non-hydrogen) atoms. The Morgan fingerprint density at radius 3 is 3.00 bits per heavy atom. The molecule has 0 radical (unpaired) electrons. The van der Waals surface area contributed by atoms with Gasteiger partial charge in [0, 0.05) is 25.7 Å². The third-order valence-electron chi connectivity index (χ3n) is 3.52. The van der Waals surface area contributed by atoms with Crippen molar-refractivity contribution >= 4 is 45.9 Å². The Morgan fingerprint density at radius 2 is 2.25 bits per heavy atom. The normalized spacial score (nSPS) is 19.4. The monoisotopic (exact) mass is 314 g/mol. The molecule has 3 rings (SSSR count). The van der Waals surface area contributed by atoms with Gasteiger partial charge in [-0.05, 0) is 5.92 Å². The number of nitrogens with two attached hydrogens (primary N) is 1. The number of fused-ring (bicyclic) bond motifs is 1. The first kappa shape index (κ1) is 15.2. The van der Waals surface area contributed by atoms with E-state index in [2.05, 4.69) is 39.0 Å². The number of piperazine rings is 1. The number of hydrogen-bond acceptors (Lipinski definition) is 7. The van der Waals surface area contributed by atoms with E-state index in [4.69, 9.17) is 5.73 Å². The lowest BCUT2D eigenvalue weighted by molar-refractivity contribution is 0.389. The number of rotatable bonds is 2. The van der Waals surface area contributed by atoms with Gasteiger partial charge in [-0.15, -0.1) is 23.7 Å². The molecule has 3 N–H and O–H groups in total. The molecule has 1 aliphatic heterocycles. The highest BCUT2D eigenvalue weighted by Gasteiger charge is 2.28. The second-order valence-electron chi connectivity index (χ2n) is 5.12. The van der Waals surface area contributed by atoms with Crippen LogP contribution in [0.5, 0.6) is 0 Å². The van der Waals surface area contributed by atoms with Crippen LogP contribution in [0.15, 0.2) is 5.51 Å². The number of thiazole rings is 1. The van der Waals surface area contributed by atoms with E-state index in [9.17, 15) is 0 Å². The minimum absolute atomic E-state index is 0. The first-order chi connectivity index (χ1) is 9.16. The molecule has 0 unspecified atom stereocenters. The van der Waals surface area contributed by atoms with Crippen molar-refractivity contribution in [3.05, 3.63) is 5.51 Å². The van der Waals surface area contributed by atoms with Crippen LogP contribution in [0.25, 0.3) is 10.3 Å².